The van der Waals surface area contributed by atoms with E-state index in [2.05, 4.69) is 20.2 Å². The van der Waals surface area contributed by atoms with E-state index in [0.717, 1.165) is 30.9 Å². The van der Waals surface area contributed by atoms with Crippen LogP contribution in [0.1, 0.15) is 28.8 Å². The highest BCUT2D eigenvalue weighted by Crippen LogP contribution is 2.16. The number of aromatic nitrogens is 3. The quantitative estimate of drug-likeness (QED) is 0.474. The molecule has 0 bridgehead atoms. The van der Waals surface area contributed by atoms with Gasteiger partial charge in [-0.2, -0.15) is 0 Å². The van der Waals surface area contributed by atoms with Gasteiger partial charge in [0.05, 0.1) is 11.9 Å². The van der Waals surface area contributed by atoms with Gasteiger partial charge in [-0.15, -0.1) is 0 Å². The van der Waals surface area contributed by atoms with Crippen LogP contribution in [0.3, 0.4) is 0 Å². The molecule has 0 unspecified atom stereocenters. The fourth-order valence-electron chi connectivity index (χ4n) is 3.98. The molecule has 1 aromatic carbocycles. The molecule has 2 amide bonds. The lowest BCUT2D eigenvalue weighted by Crippen LogP contribution is -2.49. The fourth-order valence-corrected chi connectivity index (χ4v) is 3.98. The zero-order valence-electron chi connectivity index (χ0n) is 19.4. The van der Waals surface area contributed by atoms with Gasteiger partial charge in [-0.05, 0) is 42.7 Å². The summed E-state index contributed by atoms with van der Waals surface area (Å²) in [7, 11) is 0. The van der Waals surface area contributed by atoms with Gasteiger partial charge in [0.2, 0.25) is 5.91 Å². The van der Waals surface area contributed by atoms with Crippen LogP contribution < -0.4 is 10.2 Å². The molecule has 1 aliphatic heterocycles. The summed E-state index contributed by atoms with van der Waals surface area (Å²) in [5.74, 6) is -1.20. The fraction of sp³-hybridized carbons (Fsp3) is 0.360. The van der Waals surface area contributed by atoms with Crippen LogP contribution in [0.4, 0.5) is 14.6 Å². The van der Waals surface area contributed by atoms with Crippen molar-refractivity contribution in [3.05, 3.63) is 78.0 Å². The summed E-state index contributed by atoms with van der Waals surface area (Å²) in [6.07, 6.45) is 8.34. The van der Waals surface area contributed by atoms with Crippen molar-refractivity contribution < 1.29 is 18.4 Å². The van der Waals surface area contributed by atoms with Gasteiger partial charge >= 0.3 is 0 Å². The first-order valence-electron chi connectivity index (χ1n) is 11.7. The largest absolute Gasteiger partial charge is 0.353 e. The van der Waals surface area contributed by atoms with Crippen LogP contribution in [0, 0.1) is 11.6 Å². The van der Waals surface area contributed by atoms with Crippen LogP contribution in [0.15, 0.2) is 55.2 Å². The third kappa shape index (κ3) is 6.62. The number of anilines is 1. The molecule has 4 rings (SSSR count). The van der Waals surface area contributed by atoms with E-state index >= 15 is 0 Å². The van der Waals surface area contributed by atoms with Crippen molar-refractivity contribution >= 4 is 17.6 Å². The van der Waals surface area contributed by atoms with Crippen molar-refractivity contribution in [3.63, 3.8) is 0 Å². The van der Waals surface area contributed by atoms with Crippen molar-refractivity contribution in [2.45, 2.75) is 25.8 Å². The Labute approximate surface area is 202 Å². The normalized spacial score (nSPS) is 13.7. The van der Waals surface area contributed by atoms with Gasteiger partial charge in [-0.3, -0.25) is 9.59 Å². The summed E-state index contributed by atoms with van der Waals surface area (Å²) in [5, 5.41) is 2.90. The van der Waals surface area contributed by atoms with Crippen LogP contribution in [0.25, 0.3) is 0 Å². The minimum absolute atomic E-state index is 0.0117. The van der Waals surface area contributed by atoms with E-state index in [9.17, 15) is 18.4 Å². The highest BCUT2D eigenvalue weighted by molar-refractivity contribution is 5.94. The molecule has 0 aliphatic carbocycles. The summed E-state index contributed by atoms with van der Waals surface area (Å²) >= 11 is 0. The van der Waals surface area contributed by atoms with Crippen LogP contribution in [0.2, 0.25) is 0 Å². The molecule has 184 valence electrons. The second-order valence-corrected chi connectivity index (χ2v) is 8.43. The minimum Gasteiger partial charge on any atom is -0.353 e. The van der Waals surface area contributed by atoms with Crippen LogP contribution in [-0.4, -0.2) is 64.0 Å². The number of hydrogen-bond donors (Lipinski definition) is 1. The lowest BCUT2D eigenvalue weighted by atomic mass is 10.1. The highest BCUT2D eigenvalue weighted by atomic mass is 19.2. The summed E-state index contributed by atoms with van der Waals surface area (Å²) < 4.78 is 28.4. The molecule has 0 saturated carbocycles. The van der Waals surface area contributed by atoms with E-state index in [-0.39, 0.29) is 18.2 Å². The molecule has 2 aromatic heterocycles. The average molecular weight is 483 g/mol. The molecule has 1 saturated heterocycles. The number of nitrogens with one attached hydrogen (secondary N) is 1. The van der Waals surface area contributed by atoms with Crippen LogP contribution in [-0.2, 0) is 17.8 Å². The topological polar surface area (TPSA) is 83.4 Å². The standard InChI is InChI=1S/C25H28F2N6O2/c26-21-5-2-19(16-22(21)27)3-7-24(34)33-14-12-32(13-15-33)23-6-4-20(17-30-23)25(35)29-8-1-10-31-11-9-28-18-31/h2,4-6,9,11,16-18H,1,3,7-8,10,12-15H2,(H,29,35). The Kier molecular flexibility index (Phi) is 8.02. The van der Waals surface area contributed by atoms with Gasteiger partial charge in [-0.1, -0.05) is 6.07 Å². The summed E-state index contributed by atoms with van der Waals surface area (Å²) in [6.45, 7) is 3.71. The number of aryl methyl sites for hydroxylation is 2. The van der Waals surface area contributed by atoms with E-state index in [1.807, 2.05) is 16.8 Å². The highest BCUT2D eigenvalue weighted by Gasteiger charge is 2.22. The van der Waals surface area contributed by atoms with E-state index in [1.54, 1.807) is 29.7 Å². The van der Waals surface area contributed by atoms with E-state index in [1.165, 1.54) is 6.07 Å². The predicted molar refractivity (Wildman–Crippen MR) is 127 cm³/mol. The molecule has 3 heterocycles. The number of carbonyl (C=O) groups is 2. The first-order chi connectivity index (χ1) is 17.0. The SMILES string of the molecule is O=C(NCCCn1ccnc1)c1ccc(N2CCN(C(=O)CCc3ccc(F)c(F)c3)CC2)nc1. The maximum absolute atomic E-state index is 13.3. The lowest BCUT2D eigenvalue weighted by Gasteiger charge is -2.35. The number of nitrogens with zero attached hydrogens (tertiary/aromatic N) is 5. The lowest BCUT2D eigenvalue weighted by molar-refractivity contribution is -0.131. The number of rotatable bonds is 9. The number of halogens is 2. The molecule has 0 radical (unpaired) electrons. The number of amides is 2. The minimum atomic E-state index is -0.898. The Bertz CT molecular complexity index is 1130. The first-order valence-corrected chi connectivity index (χ1v) is 11.7. The maximum atomic E-state index is 13.3. The number of carbonyl (C=O) groups excluding carboxylic acids is 2. The van der Waals surface area contributed by atoms with Gasteiger partial charge in [0, 0.05) is 64.3 Å². The number of hydrogen-bond acceptors (Lipinski definition) is 5. The summed E-state index contributed by atoms with van der Waals surface area (Å²) in [6, 6.07) is 7.30. The smallest absolute Gasteiger partial charge is 0.252 e. The molecule has 35 heavy (non-hydrogen) atoms. The molecule has 1 fully saturated rings. The Morgan fingerprint density at radius 3 is 2.54 bits per heavy atom. The van der Waals surface area contributed by atoms with Crippen molar-refractivity contribution in [2.24, 2.45) is 0 Å². The van der Waals surface area contributed by atoms with Crippen LogP contribution in [0.5, 0.6) is 0 Å². The van der Waals surface area contributed by atoms with Gasteiger partial charge in [-0.25, -0.2) is 18.7 Å². The van der Waals surface area contributed by atoms with Gasteiger partial charge in [0.25, 0.3) is 5.91 Å². The van der Waals surface area contributed by atoms with Crippen molar-refractivity contribution in [3.8, 4) is 0 Å². The Hall–Kier alpha value is -3.82. The van der Waals surface area contributed by atoms with Gasteiger partial charge < -0.3 is 19.7 Å². The molecular weight excluding hydrogens is 454 g/mol. The number of pyridine rings is 1. The molecule has 0 spiro atoms. The second-order valence-electron chi connectivity index (χ2n) is 8.43. The molecule has 10 heteroatoms. The van der Waals surface area contributed by atoms with Crippen molar-refractivity contribution in [1.29, 1.82) is 0 Å². The maximum Gasteiger partial charge on any atom is 0.252 e. The second kappa shape index (κ2) is 11.5. The van der Waals surface area contributed by atoms with E-state index in [4.69, 9.17) is 0 Å². The number of imidazole rings is 1. The molecule has 8 nitrogen and oxygen atoms in total. The predicted octanol–water partition coefficient (Wildman–Crippen LogP) is 2.66. The third-order valence-corrected chi connectivity index (χ3v) is 6.02. The summed E-state index contributed by atoms with van der Waals surface area (Å²) in [4.78, 5) is 37.2. The molecular formula is C25H28F2N6O2. The van der Waals surface area contributed by atoms with Crippen molar-refractivity contribution in [2.75, 3.05) is 37.6 Å². The molecule has 0 atom stereocenters. The average Bonchev–Trinajstić information content (AvgIpc) is 3.41. The third-order valence-electron chi connectivity index (χ3n) is 6.02. The van der Waals surface area contributed by atoms with Gasteiger partial charge in [0.1, 0.15) is 5.82 Å². The molecule has 1 aliphatic rings. The van der Waals surface area contributed by atoms with Gasteiger partial charge in [0.15, 0.2) is 11.6 Å². The monoisotopic (exact) mass is 482 g/mol. The van der Waals surface area contributed by atoms with Crippen molar-refractivity contribution in [1.82, 2.24) is 24.8 Å². The van der Waals surface area contributed by atoms with E-state index in [0.29, 0.717) is 50.3 Å². The Morgan fingerprint density at radius 1 is 1.03 bits per heavy atom. The zero-order chi connectivity index (χ0) is 24.6. The first kappa shape index (κ1) is 24.3. The van der Waals surface area contributed by atoms with Crippen LogP contribution >= 0.6 is 0 Å². The molecule has 3 aromatic rings. The zero-order valence-corrected chi connectivity index (χ0v) is 19.4. The Morgan fingerprint density at radius 2 is 1.86 bits per heavy atom. The van der Waals surface area contributed by atoms with E-state index < -0.39 is 11.6 Å². The summed E-state index contributed by atoms with van der Waals surface area (Å²) in [5.41, 5.74) is 1.10. The number of benzene rings is 1. The Balaban J connectivity index is 1.19. The number of piperazine rings is 1. The molecule has 1 N–H and O–H groups in total.